The van der Waals surface area contributed by atoms with E-state index in [1.807, 2.05) is 0 Å². The second-order valence-corrected chi connectivity index (χ2v) is 23.3. The first kappa shape index (κ1) is 73.0. The number of halogens is 30. The molecule has 0 radical (unpaired) electrons. The predicted molar refractivity (Wildman–Crippen MR) is 317 cm³/mol. The van der Waals surface area contributed by atoms with Crippen LogP contribution in [0.15, 0.2) is 176 Å². The summed E-state index contributed by atoms with van der Waals surface area (Å²) < 4.78 is 443. The Kier molecular flexibility index (Phi) is 16.9. The minimum atomic E-state index is -5.80. The molecule has 104 heavy (non-hydrogen) atoms. The molecule has 3 nitrogen and oxygen atoms in total. The molecule has 0 atom stereocenters. The SMILES string of the molecule is N#Cc1cc(-n2c3ccc(-c4ccc(C(F)(F)F)cc4C(F)(F)F)cc3c3cc(-c4ccc(C(F)(F)F)cc4C(F)(F)F)ccc32)c(-n2c3ccc(-c4ccc(C(F)(F)F)cc4C(F)(F)F)cc3c3cc(-c4ccc(C(F)(F)F)cc4C(F)(F)F)ccc32)cc1-c1c(C(F)(F)F)cccc1C(F)(F)F. The van der Waals surface area contributed by atoms with Crippen molar-refractivity contribution >= 4 is 43.6 Å². The number of alkyl halides is 30. The Morgan fingerprint density at radius 2 is 0.471 bits per heavy atom. The Hall–Kier alpha value is -10.8. The molecule has 538 valence electrons. The highest BCUT2D eigenvalue weighted by atomic mass is 19.4. The summed E-state index contributed by atoms with van der Waals surface area (Å²) in [6.45, 7) is 0. The van der Waals surface area contributed by atoms with Gasteiger partial charge in [-0.25, -0.2) is 0 Å². The molecule has 0 amide bonds. The molecular formula is C71H29F30N3. The molecule has 12 aromatic rings. The van der Waals surface area contributed by atoms with Crippen LogP contribution >= 0.6 is 0 Å². The Bertz CT molecular complexity index is 5230. The van der Waals surface area contributed by atoms with Crippen LogP contribution < -0.4 is 0 Å². The van der Waals surface area contributed by atoms with Crippen LogP contribution in [0.5, 0.6) is 0 Å². The first-order valence-corrected chi connectivity index (χ1v) is 29.0. The summed E-state index contributed by atoms with van der Waals surface area (Å²) in [6.07, 6.45) is -56.0. The van der Waals surface area contributed by atoms with Gasteiger partial charge in [-0.3, -0.25) is 0 Å². The summed E-state index contributed by atoms with van der Waals surface area (Å²) >= 11 is 0. The zero-order valence-electron chi connectivity index (χ0n) is 50.4. The Morgan fingerprint density at radius 1 is 0.231 bits per heavy atom. The number of hydrogen-bond acceptors (Lipinski definition) is 1. The fraction of sp³-hybridized carbons (Fsp3) is 0.141. The lowest BCUT2D eigenvalue weighted by Crippen LogP contribution is -2.15. The van der Waals surface area contributed by atoms with E-state index in [0.29, 0.717) is 42.5 Å². The summed E-state index contributed by atoms with van der Waals surface area (Å²) in [4.78, 5) is 0. The van der Waals surface area contributed by atoms with E-state index >= 15 is 52.7 Å². The maximum atomic E-state index is 15.4. The maximum Gasteiger partial charge on any atom is 0.417 e. The van der Waals surface area contributed by atoms with Crippen LogP contribution in [0.4, 0.5) is 132 Å². The number of hydrogen-bond donors (Lipinski definition) is 0. The normalized spacial score (nSPS) is 13.5. The van der Waals surface area contributed by atoms with E-state index in [-0.39, 0.29) is 60.7 Å². The van der Waals surface area contributed by atoms with Crippen LogP contribution in [-0.4, -0.2) is 9.13 Å². The quantitative estimate of drug-likeness (QED) is 0.146. The molecule has 10 aromatic carbocycles. The fourth-order valence-electron chi connectivity index (χ4n) is 12.6. The van der Waals surface area contributed by atoms with Crippen molar-refractivity contribution in [3.8, 4) is 73.1 Å². The zero-order chi connectivity index (χ0) is 76.3. The van der Waals surface area contributed by atoms with E-state index in [1.54, 1.807) is 0 Å². The van der Waals surface area contributed by atoms with Crippen LogP contribution in [0.3, 0.4) is 0 Å². The Labute approximate surface area is 560 Å². The van der Waals surface area contributed by atoms with Crippen LogP contribution in [0.1, 0.15) is 61.2 Å². The van der Waals surface area contributed by atoms with Gasteiger partial charge in [0.15, 0.2) is 0 Å². The van der Waals surface area contributed by atoms with E-state index in [9.17, 15) is 84.3 Å². The second-order valence-electron chi connectivity index (χ2n) is 23.3. The minimum absolute atomic E-state index is 0.138. The summed E-state index contributed by atoms with van der Waals surface area (Å²) in [7, 11) is 0. The Morgan fingerprint density at radius 3 is 0.692 bits per heavy atom. The highest BCUT2D eigenvalue weighted by Gasteiger charge is 2.46. The van der Waals surface area contributed by atoms with E-state index in [2.05, 4.69) is 0 Å². The summed E-state index contributed by atoms with van der Waals surface area (Å²) in [6, 6.07) is 13.7. The zero-order valence-corrected chi connectivity index (χ0v) is 50.4. The third kappa shape index (κ3) is 13.2. The van der Waals surface area contributed by atoms with Crippen LogP contribution in [0.2, 0.25) is 0 Å². The van der Waals surface area contributed by atoms with Crippen LogP contribution in [0, 0.1) is 11.3 Å². The molecule has 0 spiro atoms. The molecule has 0 unspecified atom stereocenters. The summed E-state index contributed by atoms with van der Waals surface area (Å²) in [5.41, 5.74) is -34.6. The monoisotopic (exact) mass is 1490 g/mol. The first-order valence-electron chi connectivity index (χ1n) is 29.0. The molecule has 0 aliphatic rings. The fourth-order valence-corrected chi connectivity index (χ4v) is 12.6. The van der Waals surface area contributed by atoms with Crippen molar-refractivity contribution in [3.05, 3.63) is 237 Å². The van der Waals surface area contributed by atoms with Gasteiger partial charge in [0.2, 0.25) is 0 Å². The molecular weight excluding hydrogens is 1460 g/mol. The highest BCUT2D eigenvalue weighted by molar-refractivity contribution is 6.14. The standard InChI is InChI=1S/C71H29F30N3/c72-62(73,74)36-8-12-40(51(25-36)68(90,91)92)31-4-16-55-45(20-31)46-21-32(41-13-9-37(63(75,76)77)26-52(41)69(93,94)95)5-17-56(46)103(55)59-24-35(30-102)44(61-49(66(84,85)86)2-1-3-50(61)67(87,88)89)29-60(59)104-57-18-6-33(42-14-10-38(64(78,79)80)27-53(42)70(96,97)98)22-47(57)48-23-34(7-19-58(48)104)43-15-11-39(65(81,82)83)28-54(43)71(99,100)101/h1-29H. The molecule has 0 saturated heterocycles. The van der Waals surface area contributed by atoms with E-state index in [0.717, 1.165) is 81.9 Å². The number of rotatable bonds is 7. The lowest BCUT2D eigenvalue weighted by molar-refractivity contribution is -0.144. The van der Waals surface area contributed by atoms with Gasteiger partial charge in [0, 0.05) is 32.7 Å². The number of nitrogens with zero attached hydrogens (tertiary/aromatic N) is 3. The number of fused-ring (bicyclic) bond motifs is 6. The van der Waals surface area contributed by atoms with Crippen molar-refractivity contribution in [2.75, 3.05) is 0 Å². The predicted octanol–water partition coefficient (Wildman–Crippen LogP) is 26.3. The van der Waals surface area contributed by atoms with Crippen LogP contribution in [-0.2, 0) is 61.8 Å². The van der Waals surface area contributed by atoms with E-state index < -0.39 is 234 Å². The number of nitriles is 1. The van der Waals surface area contributed by atoms with Gasteiger partial charge >= 0.3 is 61.8 Å². The van der Waals surface area contributed by atoms with Gasteiger partial charge in [-0.05, 0) is 166 Å². The largest absolute Gasteiger partial charge is 0.417 e. The highest BCUT2D eigenvalue weighted by Crippen LogP contribution is 2.53. The van der Waals surface area contributed by atoms with E-state index in [1.165, 1.54) is 6.07 Å². The van der Waals surface area contributed by atoms with Gasteiger partial charge in [-0.2, -0.15) is 137 Å². The third-order valence-corrected chi connectivity index (χ3v) is 17.0. The first-order chi connectivity index (χ1) is 47.8. The van der Waals surface area contributed by atoms with Crippen molar-refractivity contribution in [2.24, 2.45) is 0 Å². The third-order valence-electron chi connectivity index (χ3n) is 17.0. The lowest BCUT2D eigenvalue weighted by atomic mass is 9.89. The van der Waals surface area contributed by atoms with Gasteiger partial charge in [0.1, 0.15) is 0 Å². The van der Waals surface area contributed by atoms with Crippen molar-refractivity contribution < 1.29 is 132 Å². The summed E-state index contributed by atoms with van der Waals surface area (Å²) in [5.74, 6) is 0. The number of benzene rings is 10. The molecule has 2 heterocycles. The minimum Gasteiger partial charge on any atom is -0.307 e. The maximum absolute atomic E-state index is 15.4. The van der Waals surface area contributed by atoms with Gasteiger partial charge in [0.05, 0.1) is 101 Å². The molecule has 0 N–H and O–H groups in total. The average Bonchev–Trinajstić information content (AvgIpc) is 1.54. The molecule has 33 heteroatoms. The number of aromatic nitrogens is 2. The summed E-state index contributed by atoms with van der Waals surface area (Å²) in [5, 5.41) is 8.88. The molecule has 0 aliphatic heterocycles. The molecule has 2 aromatic heterocycles. The van der Waals surface area contributed by atoms with Crippen molar-refractivity contribution in [3.63, 3.8) is 0 Å². The second kappa shape index (κ2) is 24.1. The molecule has 0 bridgehead atoms. The van der Waals surface area contributed by atoms with Gasteiger partial charge in [-0.1, -0.05) is 54.6 Å². The lowest BCUT2D eigenvalue weighted by Gasteiger charge is -2.23. The van der Waals surface area contributed by atoms with Gasteiger partial charge in [0.25, 0.3) is 0 Å². The molecule has 0 aliphatic carbocycles. The topological polar surface area (TPSA) is 33.6 Å². The average molecular weight is 1490 g/mol. The van der Waals surface area contributed by atoms with E-state index in [4.69, 9.17) is 0 Å². The smallest absolute Gasteiger partial charge is 0.307 e. The molecule has 0 fully saturated rings. The van der Waals surface area contributed by atoms with Crippen molar-refractivity contribution in [1.29, 1.82) is 5.26 Å². The molecule has 12 rings (SSSR count). The van der Waals surface area contributed by atoms with Gasteiger partial charge < -0.3 is 9.13 Å². The molecule has 0 saturated carbocycles. The Balaban J connectivity index is 1.28. The van der Waals surface area contributed by atoms with Crippen molar-refractivity contribution in [1.82, 2.24) is 9.13 Å². The van der Waals surface area contributed by atoms with Crippen LogP contribution in [0.25, 0.3) is 111 Å². The van der Waals surface area contributed by atoms with Gasteiger partial charge in [-0.15, -0.1) is 0 Å². The van der Waals surface area contributed by atoms with Crippen molar-refractivity contribution in [2.45, 2.75) is 61.8 Å².